The van der Waals surface area contributed by atoms with E-state index in [-0.39, 0.29) is 23.0 Å². The molecule has 12 nitrogen and oxygen atoms in total. The molecule has 0 radical (unpaired) electrons. The van der Waals surface area contributed by atoms with Crippen LogP contribution in [0, 0.1) is 5.92 Å². The molecule has 0 spiro atoms. The van der Waals surface area contributed by atoms with Gasteiger partial charge < -0.3 is 20.5 Å². The smallest absolute Gasteiger partial charge is 0.305 e. The van der Waals surface area contributed by atoms with Gasteiger partial charge in [-0.05, 0) is 40.1 Å². The summed E-state index contributed by atoms with van der Waals surface area (Å²) in [5.41, 5.74) is 1.66. The highest BCUT2D eigenvalue weighted by atomic mass is 32.2. The molecule has 1 aromatic heterocycles. The van der Waals surface area contributed by atoms with Crippen molar-refractivity contribution in [2.24, 2.45) is 5.92 Å². The lowest BCUT2D eigenvalue weighted by atomic mass is 10.0. The van der Waals surface area contributed by atoms with Gasteiger partial charge in [-0.3, -0.25) is 19.2 Å². The van der Waals surface area contributed by atoms with Gasteiger partial charge in [0.05, 0.1) is 36.6 Å². The topological polar surface area (TPSA) is 165 Å². The van der Waals surface area contributed by atoms with Crippen molar-refractivity contribution in [2.75, 3.05) is 12.9 Å². The predicted molar refractivity (Wildman–Crippen MR) is 144 cm³/mol. The number of methoxy groups -OCH3 is 1. The van der Waals surface area contributed by atoms with E-state index in [0.29, 0.717) is 11.4 Å². The Morgan fingerprint density at radius 2 is 1.82 bits per heavy atom. The SMILES string of the molecule is COc1ccc(-n2cnnn2)cc1C(=O)NC(C(=O)NC(CC(=O)O)C(=O)CSCc1ccccc1)C(C)C. The lowest BCUT2D eigenvalue weighted by molar-refractivity contribution is -0.140. The molecule has 2 unspecified atom stereocenters. The van der Waals surface area contributed by atoms with Gasteiger partial charge in [0.15, 0.2) is 5.78 Å². The summed E-state index contributed by atoms with van der Waals surface area (Å²) in [5, 5.41) is 25.5. The second-order valence-electron chi connectivity index (χ2n) is 8.94. The molecule has 0 aliphatic heterocycles. The molecular weight excluding hydrogens is 524 g/mol. The van der Waals surface area contributed by atoms with Crippen molar-refractivity contribution in [3.05, 3.63) is 66.0 Å². The van der Waals surface area contributed by atoms with Crippen LogP contribution in [0.4, 0.5) is 0 Å². The number of Topliss-reactive ketones (excluding diaryl/α,β-unsaturated/α-hetero) is 1. The van der Waals surface area contributed by atoms with E-state index in [4.69, 9.17) is 4.74 Å². The molecule has 13 heteroatoms. The van der Waals surface area contributed by atoms with Crippen molar-refractivity contribution in [2.45, 2.75) is 38.1 Å². The third-order valence-corrected chi connectivity index (χ3v) is 6.74. The number of nitrogens with one attached hydrogen (secondary N) is 2. The van der Waals surface area contributed by atoms with E-state index in [2.05, 4.69) is 26.2 Å². The van der Waals surface area contributed by atoms with E-state index in [0.717, 1.165) is 5.56 Å². The molecule has 3 aromatic rings. The van der Waals surface area contributed by atoms with Crippen molar-refractivity contribution < 1.29 is 29.0 Å². The molecule has 0 aliphatic carbocycles. The molecule has 3 rings (SSSR count). The number of tetrazole rings is 1. The maximum Gasteiger partial charge on any atom is 0.305 e. The van der Waals surface area contributed by atoms with Crippen LogP contribution < -0.4 is 15.4 Å². The fraction of sp³-hybridized carbons (Fsp3) is 0.346. The second kappa shape index (κ2) is 14.0. The number of rotatable bonds is 14. The Morgan fingerprint density at radius 3 is 2.44 bits per heavy atom. The Morgan fingerprint density at radius 1 is 1.08 bits per heavy atom. The van der Waals surface area contributed by atoms with Crippen LogP contribution in [0.15, 0.2) is 54.9 Å². The number of hydrogen-bond acceptors (Lipinski definition) is 9. The van der Waals surface area contributed by atoms with E-state index >= 15 is 0 Å². The summed E-state index contributed by atoms with van der Waals surface area (Å²) in [5.74, 6) is -2.44. The summed E-state index contributed by atoms with van der Waals surface area (Å²) < 4.78 is 6.68. The maximum atomic E-state index is 13.2. The van der Waals surface area contributed by atoms with Crippen molar-refractivity contribution >= 4 is 35.3 Å². The summed E-state index contributed by atoms with van der Waals surface area (Å²) >= 11 is 1.33. The highest BCUT2D eigenvalue weighted by molar-refractivity contribution is 7.99. The number of ether oxygens (including phenoxy) is 1. The highest BCUT2D eigenvalue weighted by Gasteiger charge is 2.31. The van der Waals surface area contributed by atoms with Gasteiger partial charge in [0.1, 0.15) is 18.1 Å². The molecule has 206 valence electrons. The van der Waals surface area contributed by atoms with Crippen molar-refractivity contribution in [3.8, 4) is 11.4 Å². The van der Waals surface area contributed by atoms with Crippen LogP contribution in [0.2, 0.25) is 0 Å². The Balaban J connectivity index is 1.71. The van der Waals surface area contributed by atoms with Crippen molar-refractivity contribution in [3.63, 3.8) is 0 Å². The molecule has 0 saturated heterocycles. The van der Waals surface area contributed by atoms with Gasteiger partial charge in [-0.25, -0.2) is 4.68 Å². The summed E-state index contributed by atoms with van der Waals surface area (Å²) in [6, 6.07) is 12.0. The number of nitrogens with zero attached hydrogens (tertiary/aromatic N) is 4. The third kappa shape index (κ3) is 8.37. The fourth-order valence-electron chi connectivity index (χ4n) is 3.68. The molecule has 0 aliphatic rings. The maximum absolute atomic E-state index is 13.2. The first-order valence-corrected chi connectivity index (χ1v) is 13.2. The van der Waals surface area contributed by atoms with Gasteiger partial charge in [0.25, 0.3) is 5.91 Å². The number of benzene rings is 2. The van der Waals surface area contributed by atoms with Gasteiger partial charge in [-0.2, -0.15) is 0 Å². The van der Waals surface area contributed by atoms with Gasteiger partial charge in [0, 0.05) is 5.75 Å². The second-order valence-corrected chi connectivity index (χ2v) is 9.92. The van der Waals surface area contributed by atoms with E-state index in [1.807, 2.05) is 30.3 Å². The minimum Gasteiger partial charge on any atom is -0.496 e. The zero-order valence-electron chi connectivity index (χ0n) is 21.7. The normalized spacial score (nSPS) is 12.4. The van der Waals surface area contributed by atoms with Crippen LogP contribution in [-0.2, 0) is 20.1 Å². The lowest BCUT2D eigenvalue weighted by Gasteiger charge is -2.25. The highest BCUT2D eigenvalue weighted by Crippen LogP contribution is 2.22. The molecule has 1 heterocycles. The zero-order valence-corrected chi connectivity index (χ0v) is 22.6. The number of aliphatic carboxylic acids is 1. The lowest BCUT2D eigenvalue weighted by Crippen LogP contribution is -2.54. The molecule has 0 fully saturated rings. The molecule has 3 N–H and O–H groups in total. The van der Waals surface area contributed by atoms with Crippen LogP contribution in [-0.4, -0.2) is 73.8 Å². The summed E-state index contributed by atoms with van der Waals surface area (Å²) in [7, 11) is 1.41. The minimum absolute atomic E-state index is 0.0208. The monoisotopic (exact) mass is 554 g/mol. The van der Waals surface area contributed by atoms with Gasteiger partial charge in [-0.1, -0.05) is 44.2 Å². The number of carbonyl (C=O) groups is 4. The molecule has 2 aromatic carbocycles. The van der Waals surface area contributed by atoms with Gasteiger partial charge in [0.2, 0.25) is 5.91 Å². The Hall–Kier alpha value is -4.26. The van der Waals surface area contributed by atoms with Crippen LogP contribution in [0.1, 0.15) is 36.2 Å². The average molecular weight is 555 g/mol. The Kier molecular flexibility index (Phi) is 10.6. The summed E-state index contributed by atoms with van der Waals surface area (Å²) in [4.78, 5) is 50.8. The first-order chi connectivity index (χ1) is 18.7. The number of amides is 2. The molecular formula is C26H30N6O6S. The number of hydrogen-bond donors (Lipinski definition) is 3. The molecule has 0 saturated carbocycles. The largest absolute Gasteiger partial charge is 0.496 e. The quantitative estimate of drug-likeness (QED) is 0.268. The Bertz CT molecular complexity index is 1290. The van der Waals surface area contributed by atoms with Crippen molar-refractivity contribution in [1.29, 1.82) is 0 Å². The third-order valence-electron chi connectivity index (χ3n) is 5.72. The Labute approximate surface area is 229 Å². The summed E-state index contributed by atoms with van der Waals surface area (Å²) in [6.45, 7) is 3.45. The number of aromatic nitrogens is 4. The fourth-order valence-corrected chi connectivity index (χ4v) is 4.61. The van der Waals surface area contributed by atoms with Gasteiger partial charge in [-0.15, -0.1) is 16.9 Å². The standard InChI is InChI=1S/C26H30N6O6S/c1-16(2)24(29-25(36)19-11-18(9-10-22(19)38-3)32-15-27-30-31-32)26(37)28-20(12-23(34)35)21(33)14-39-13-17-7-5-4-6-8-17/h4-11,15-16,20,24H,12-14H2,1-3H3,(H,28,37)(H,29,36)(H,34,35). The van der Waals surface area contributed by atoms with Crippen LogP contribution in [0.3, 0.4) is 0 Å². The molecule has 2 amide bonds. The van der Waals surface area contributed by atoms with E-state index in [1.54, 1.807) is 26.0 Å². The first-order valence-electron chi connectivity index (χ1n) is 12.1. The van der Waals surface area contributed by atoms with Crippen molar-refractivity contribution in [1.82, 2.24) is 30.8 Å². The van der Waals surface area contributed by atoms with Gasteiger partial charge >= 0.3 is 5.97 Å². The molecule has 39 heavy (non-hydrogen) atoms. The number of carboxylic acids is 1. The molecule has 0 bridgehead atoms. The summed E-state index contributed by atoms with van der Waals surface area (Å²) in [6.07, 6.45) is 0.794. The van der Waals surface area contributed by atoms with E-state index < -0.39 is 42.1 Å². The number of carboxylic acid groups (broad SMARTS) is 1. The van der Waals surface area contributed by atoms with E-state index in [9.17, 15) is 24.3 Å². The first kappa shape index (κ1) is 29.3. The predicted octanol–water partition coefficient (Wildman–Crippen LogP) is 1.89. The van der Waals surface area contributed by atoms with Crippen LogP contribution >= 0.6 is 11.8 Å². The number of carbonyl (C=O) groups excluding carboxylic acids is 3. The minimum atomic E-state index is -1.24. The van der Waals surface area contributed by atoms with Crippen LogP contribution in [0.5, 0.6) is 5.75 Å². The number of ketones is 1. The zero-order chi connectivity index (χ0) is 28.4. The van der Waals surface area contributed by atoms with Crippen LogP contribution in [0.25, 0.3) is 5.69 Å². The van der Waals surface area contributed by atoms with E-state index in [1.165, 1.54) is 35.9 Å². The number of thioether (sulfide) groups is 1. The average Bonchev–Trinajstić information content (AvgIpc) is 3.46. The molecule has 2 atom stereocenters.